The van der Waals surface area contributed by atoms with Crippen LogP contribution in [0.25, 0.3) is 21.5 Å². The Hall–Kier alpha value is -6.82. The standard InChI is InChI=1S/C70H66Cl4N6O4.2ClHO4/c1-67(2)55(23-17-25-57-69(35-13-7-14-36-69)61-53(75(57)5)39-49(71)65(63(61)73)79(81)82)77(51-33-31-45-19-9-11-21-47(45)59(51)67)41-43-27-29-44(30-28-43)42-78-52-34-32-46-20-10-12-22-48(46)60(52)68(3,4)56(78)24-18-26-58-70(37-15-8-16-38-70)62-54(76(58)6)40-50(72)66(64(62)74)80(83)84;2*2-1(3,4)5/h9-12,17-34,39-40H,7-8,13-16,35-38,41-42H2,1-6H3;2*(H,2,3,4,5)/q+2;;/p-2. The van der Waals surface area contributed by atoms with E-state index < -0.39 is 41.2 Å². The molecule has 13 rings (SSSR count). The molecule has 0 saturated heterocycles. The van der Waals surface area contributed by atoms with Gasteiger partial charge in [0.25, 0.3) is 0 Å². The van der Waals surface area contributed by atoms with E-state index in [1.165, 1.54) is 66.6 Å². The zero-order valence-corrected chi connectivity index (χ0v) is 56.7. The lowest BCUT2D eigenvalue weighted by molar-refractivity contribution is -2.00. The van der Waals surface area contributed by atoms with Gasteiger partial charge < -0.3 is 9.80 Å². The van der Waals surface area contributed by atoms with Crippen LogP contribution in [0.15, 0.2) is 157 Å². The first-order chi connectivity index (χ1) is 44.3. The molecule has 0 N–H and O–H groups in total. The van der Waals surface area contributed by atoms with E-state index in [-0.39, 0.29) is 42.3 Å². The van der Waals surface area contributed by atoms with Crippen molar-refractivity contribution in [2.75, 3.05) is 23.9 Å². The summed E-state index contributed by atoms with van der Waals surface area (Å²) in [5.41, 5.74) is 12.9. The van der Waals surface area contributed by atoms with E-state index in [0.29, 0.717) is 13.1 Å². The maximum absolute atomic E-state index is 12.3. The third-order valence-corrected chi connectivity index (χ3v) is 21.0. The number of anilines is 2. The molecule has 2 spiro atoms. The fourth-order valence-electron chi connectivity index (χ4n) is 16.0. The fraction of sp³-hybridized carbons (Fsp3) is 0.314. The molecule has 2 saturated carbocycles. The molecule has 0 bridgehead atoms. The van der Waals surface area contributed by atoms with Crippen LogP contribution in [-0.2, 0) is 34.7 Å². The second kappa shape index (κ2) is 26.0. The van der Waals surface area contributed by atoms with Crippen molar-refractivity contribution >= 4 is 113 Å². The number of benzene rings is 7. The molecule has 7 aromatic rings. The minimum absolute atomic E-state index is 0.0452. The predicted octanol–water partition coefficient (Wildman–Crippen LogP) is 9.65. The van der Waals surface area contributed by atoms with Crippen molar-refractivity contribution in [3.8, 4) is 0 Å². The first-order valence-corrected chi connectivity index (χ1v) is 34.5. The first-order valence-electron chi connectivity index (χ1n) is 30.5. The average Bonchev–Trinajstić information content (AvgIpc) is 1.58. The van der Waals surface area contributed by atoms with Gasteiger partial charge in [0.2, 0.25) is 11.4 Å². The number of likely N-dealkylation sites (N-methyl/N-ethyl adjacent to an activating group) is 2. The van der Waals surface area contributed by atoms with Crippen LogP contribution in [-0.4, -0.2) is 44.5 Å². The lowest BCUT2D eigenvalue weighted by Gasteiger charge is -2.36. The highest BCUT2D eigenvalue weighted by molar-refractivity contribution is 6.40. The number of nitro benzene ring substituents is 2. The number of hydrogen-bond acceptors (Lipinski definition) is 14. The summed E-state index contributed by atoms with van der Waals surface area (Å²) in [4.78, 5) is 28.0. The van der Waals surface area contributed by atoms with Crippen LogP contribution in [0.5, 0.6) is 0 Å². The van der Waals surface area contributed by atoms with Crippen molar-refractivity contribution in [2.45, 2.75) is 127 Å². The Labute approximate surface area is 567 Å². The van der Waals surface area contributed by atoms with Gasteiger partial charge in [0, 0.05) is 105 Å². The molecule has 7 aromatic carbocycles. The zero-order chi connectivity index (χ0) is 67.8. The number of fused-ring (bicyclic) bond motifs is 10. The molecule has 18 nitrogen and oxygen atoms in total. The molecule has 0 atom stereocenters. The molecule has 4 heterocycles. The number of halogens is 6. The number of hydrogen-bond donors (Lipinski definition) is 0. The van der Waals surface area contributed by atoms with Crippen LogP contribution in [0, 0.1) is 40.7 Å². The Morgan fingerprint density at radius 1 is 0.489 bits per heavy atom. The topological polar surface area (TPSA) is 283 Å². The minimum atomic E-state index is -4.94. The van der Waals surface area contributed by atoms with Gasteiger partial charge in [-0.15, -0.1) is 20.5 Å². The maximum Gasteiger partial charge on any atom is 0.306 e. The van der Waals surface area contributed by atoms with Crippen LogP contribution in [0.2, 0.25) is 20.1 Å². The summed E-state index contributed by atoms with van der Waals surface area (Å²) in [7, 11) is -5.84. The summed E-state index contributed by atoms with van der Waals surface area (Å²) in [6.07, 6.45) is 22.9. The molecule has 6 aliphatic rings. The second-order valence-corrected chi connectivity index (χ2v) is 28.8. The van der Waals surface area contributed by atoms with E-state index in [9.17, 15) is 20.2 Å². The van der Waals surface area contributed by atoms with E-state index in [0.717, 1.165) is 98.1 Å². The molecule has 0 radical (unpaired) electrons. The summed E-state index contributed by atoms with van der Waals surface area (Å²) in [6, 6.07) is 38.9. The Morgan fingerprint density at radius 2 is 0.819 bits per heavy atom. The molecule has 0 amide bonds. The van der Waals surface area contributed by atoms with Gasteiger partial charge in [0.15, 0.2) is 24.5 Å². The van der Waals surface area contributed by atoms with Crippen LogP contribution in [0.1, 0.15) is 125 Å². The molecule has 2 aliphatic carbocycles. The quantitative estimate of drug-likeness (QED) is 0.0700. The van der Waals surface area contributed by atoms with Gasteiger partial charge in [0.1, 0.15) is 20.1 Å². The van der Waals surface area contributed by atoms with Crippen molar-refractivity contribution in [1.29, 1.82) is 0 Å². The molecule has 94 heavy (non-hydrogen) atoms. The Morgan fingerprint density at radius 3 is 1.15 bits per heavy atom. The summed E-state index contributed by atoms with van der Waals surface area (Å²) < 4.78 is 72.9. The van der Waals surface area contributed by atoms with Crippen molar-refractivity contribution in [2.24, 2.45) is 0 Å². The average molecular weight is 1400 g/mol. The molecular weight excluding hydrogens is 1330 g/mol. The van der Waals surface area contributed by atoms with Gasteiger partial charge in [-0.1, -0.05) is 170 Å². The van der Waals surface area contributed by atoms with Gasteiger partial charge in [-0.3, -0.25) is 20.2 Å². The highest BCUT2D eigenvalue weighted by Gasteiger charge is 2.53. The van der Waals surface area contributed by atoms with Crippen molar-refractivity contribution < 1.29 is 76.8 Å². The highest BCUT2D eigenvalue weighted by atomic mass is 35.7. The monoisotopic (exact) mass is 1390 g/mol. The van der Waals surface area contributed by atoms with Crippen LogP contribution < -0.4 is 47.1 Å². The van der Waals surface area contributed by atoms with Crippen LogP contribution >= 0.6 is 46.4 Å². The van der Waals surface area contributed by atoms with E-state index >= 15 is 0 Å². The van der Waals surface area contributed by atoms with Crippen molar-refractivity contribution in [3.05, 3.63) is 231 Å². The zero-order valence-electron chi connectivity index (χ0n) is 52.2. The van der Waals surface area contributed by atoms with Crippen LogP contribution in [0.4, 0.5) is 34.1 Å². The number of allylic oxidation sites excluding steroid dienone is 8. The molecule has 24 heteroatoms. The summed E-state index contributed by atoms with van der Waals surface area (Å²) >= 11 is 27.3. The van der Waals surface area contributed by atoms with E-state index in [1.807, 2.05) is 14.1 Å². The van der Waals surface area contributed by atoms with Gasteiger partial charge >= 0.3 is 11.4 Å². The molecular formula is C70H66Cl6N6O12. The molecule has 0 aromatic heterocycles. The van der Waals surface area contributed by atoms with Crippen molar-refractivity contribution in [3.63, 3.8) is 0 Å². The van der Waals surface area contributed by atoms with E-state index in [1.54, 1.807) is 12.1 Å². The highest BCUT2D eigenvalue weighted by Crippen LogP contribution is 2.62. The summed E-state index contributed by atoms with van der Waals surface area (Å²) in [5, 5.41) is 29.9. The molecule has 2 fully saturated rings. The Kier molecular flexibility index (Phi) is 18.9. The second-order valence-electron chi connectivity index (χ2n) is 25.7. The molecule has 4 aliphatic heterocycles. The molecule has 0 unspecified atom stereocenters. The Balaban J connectivity index is 0.000000840. The summed E-state index contributed by atoms with van der Waals surface area (Å²) in [6.45, 7) is 10.6. The van der Waals surface area contributed by atoms with Gasteiger partial charge in [-0.2, -0.15) is 9.15 Å². The van der Waals surface area contributed by atoms with Gasteiger partial charge in [-0.25, -0.2) is 37.3 Å². The lowest BCUT2D eigenvalue weighted by atomic mass is 9.68. The van der Waals surface area contributed by atoms with E-state index in [2.05, 4.69) is 180 Å². The smallest absolute Gasteiger partial charge is 0.306 e. The maximum atomic E-state index is 12.3. The third-order valence-electron chi connectivity index (χ3n) is 19.7. The number of nitro groups is 2. The van der Waals surface area contributed by atoms with E-state index in [4.69, 9.17) is 83.7 Å². The van der Waals surface area contributed by atoms with Crippen LogP contribution in [0.3, 0.4) is 0 Å². The first kappa shape index (κ1) is 68.6. The Bertz CT molecular complexity index is 4150. The van der Waals surface area contributed by atoms with Crippen molar-refractivity contribution in [1.82, 2.24) is 0 Å². The number of nitrogens with zero attached hydrogens (tertiary/aromatic N) is 6. The van der Waals surface area contributed by atoms with Gasteiger partial charge in [-0.05, 0) is 111 Å². The molecule has 490 valence electrons. The lowest BCUT2D eigenvalue weighted by Crippen LogP contribution is -2.68. The van der Waals surface area contributed by atoms with Gasteiger partial charge in [0.05, 0.1) is 20.7 Å². The SMILES string of the molecule is CN1/C(=C/C=C/C2=[N+](Cc3ccc(C[N+]4=C(/C=C/C=C5/N(C)c6cc(Cl)c([N+](=O)[O-])c(Cl)c6C56CCCCC6)C(C)(C)c5c4ccc4ccccc54)cc3)c3ccc4ccccc4c3C2(C)C)C2(CCCCC2)c2c1cc(Cl)c([N+](=O)[O-])c2Cl.[O-][Cl+3]([O-])([O-])[O-].[O-][Cl+3]([O-])([O-])[O-]. The minimum Gasteiger partial charge on any atom is -0.347 e. The number of rotatable bonds is 10. The largest absolute Gasteiger partial charge is 0.347 e. The predicted molar refractivity (Wildman–Crippen MR) is 345 cm³/mol. The fourth-order valence-corrected chi connectivity index (χ4v) is 17.5. The summed E-state index contributed by atoms with van der Waals surface area (Å²) in [5.74, 6) is 0. The normalized spacial score (nSPS) is 19.2. The third kappa shape index (κ3) is 12.6.